The summed E-state index contributed by atoms with van der Waals surface area (Å²) in [5.74, 6) is 1.44. The van der Waals surface area contributed by atoms with Gasteiger partial charge < -0.3 is 25.0 Å². The zero-order chi connectivity index (χ0) is 31.6. The van der Waals surface area contributed by atoms with Gasteiger partial charge in [0.15, 0.2) is 11.6 Å². The predicted octanol–water partition coefficient (Wildman–Crippen LogP) is 4.54. The summed E-state index contributed by atoms with van der Waals surface area (Å²) in [5.41, 5.74) is 1.73. The number of aromatic nitrogens is 5. The van der Waals surface area contributed by atoms with E-state index in [0.717, 1.165) is 23.2 Å². The smallest absolute Gasteiger partial charge is 0.410 e. The van der Waals surface area contributed by atoms with Gasteiger partial charge in [-0.3, -0.25) is 9.48 Å². The van der Waals surface area contributed by atoms with Gasteiger partial charge in [0.05, 0.1) is 34.8 Å². The average Bonchev–Trinajstić information content (AvgIpc) is 3.52. The van der Waals surface area contributed by atoms with Gasteiger partial charge in [-0.25, -0.2) is 14.3 Å². The summed E-state index contributed by atoms with van der Waals surface area (Å²) < 4.78 is 15.2. The van der Waals surface area contributed by atoms with Crippen LogP contribution in [0.15, 0.2) is 48.9 Å². The van der Waals surface area contributed by atoms with Gasteiger partial charge >= 0.3 is 6.09 Å². The first kappa shape index (κ1) is 30.3. The van der Waals surface area contributed by atoms with E-state index < -0.39 is 11.0 Å². The Morgan fingerprint density at radius 1 is 1.11 bits per heavy atom. The van der Waals surface area contributed by atoms with Crippen molar-refractivity contribution in [2.45, 2.75) is 52.7 Å². The normalized spacial score (nSPS) is 14.9. The molecule has 230 valence electrons. The quantitative estimate of drug-likeness (QED) is 0.282. The molecule has 1 aliphatic heterocycles. The Bertz CT molecular complexity index is 1710. The van der Waals surface area contributed by atoms with Gasteiger partial charge in [0.2, 0.25) is 0 Å². The number of amides is 2. The highest BCUT2D eigenvalue weighted by molar-refractivity contribution is 5.94. The number of likely N-dealkylation sites (tertiary alicyclic amines) is 1. The third-order valence-electron chi connectivity index (χ3n) is 7.12. The number of carbonyl (C=O) groups is 2. The summed E-state index contributed by atoms with van der Waals surface area (Å²) in [6.07, 6.45) is 5.53. The Hall–Kier alpha value is -5.12. The Labute approximate surface area is 255 Å². The zero-order valence-corrected chi connectivity index (χ0v) is 25.8. The molecule has 2 N–H and O–H groups in total. The first-order valence-corrected chi connectivity index (χ1v) is 14.4. The number of hydrogen-bond donors (Lipinski definition) is 2. The highest BCUT2D eigenvalue weighted by atomic mass is 16.6. The number of rotatable bonds is 9. The van der Waals surface area contributed by atoms with E-state index in [-0.39, 0.29) is 24.6 Å². The van der Waals surface area contributed by atoms with E-state index >= 15 is 0 Å². The molecular formula is C31H37N9O4. The van der Waals surface area contributed by atoms with Gasteiger partial charge in [-0.05, 0) is 65.3 Å². The maximum absolute atomic E-state index is 12.5. The van der Waals surface area contributed by atoms with E-state index in [9.17, 15) is 9.59 Å². The minimum atomic E-state index is -0.653. The molecule has 0 saturated carbocycles. The van der Waals surface area contributed by atoms with Crippen LogP contribution in [-0.4, -0.2) is 72.6 Å². The second kappa shape index (κ2) is 11.9. The second-order valence-electron chi connectivity index (χ2n) is 12.5. The number of ether oxygens (including phenoxy) is 2. The molecule has 5 rings (SSSR count). The molecule has 1 saturated heterocycles. The minimum absolute atomic E-state index is 0.0587. The lowest BCUT2D eigenvalue weighted by molar-refractivity contribution is -0.0141. The van der Waals surface area contributed by atoms with Crippen LogP contribution in [0.5, 0.6) is 5.75 Å². The summed E-state index contributed by atoms with van der Waals surface area (Å²) in [7, 11) is 1.85. The molecule has 44 heavy (non-hydrogen) atoms. The van der Waals surface area contributed by atoms with Crippen molar-refractivity contribution in [3.8, 4) is 23.1 Å². The number of pyridine rings is 2. The van der Waals surface area contributed by atoms with Crippen molar-refractivity contribution < 1.29 is 19.1 Å². The number of aryl methyl sites for hydroxylation is 1. The molecule has 13 heteroatoms. The van der Waals surface area contributed by atoms with Crippen LogP contribution < -0.4 is 15.4 Å². The number of nitrogens with zero attached hydrogens (tertiary/aromatic N) is 7. The number of anilines is 2. The Kier molecular flexibility index (Phi) is 8.19. The molecule has 0 aliphatic carbocycles. The summed E-state index contributed by atoms with van der Waals surface area (Å²) in [5, 5.41) is 24.1. The van der Waals surface area contributed by atoms with Crippen molar-refractivity contribution in [2.24, 2.45) is 12.5 Å². The van der Waals surface area contributed by atoms with Gasteiger partial charge in [0, 0.05) is 44.2 Å². The van der Waals surface area contributed by atoms with E-state index in [0.29, 0.717) is 36.1 Å². The maximum atomic E-state index is 12.5. The lowest BCUT2D eigenvalue weighted by atomic mass is 9.96. The lowest BCUT2D eigenvalue weighted by Crippen LogP contribution is -2.55. The van der Waals surface area contributed by atoms with Crippen LogP contribution in [0.2, 0.25) is 0 Å². The number of nitriles is 1. The van der Waals surface area contributed by atoms with Gasteiger partial charge in [0.25, 0.3) is 5.91 Å². The van der Waals surface area contributed by atoms with Crippen LogP contribution in [0.3, 0.4) is 0 Å². The molecule has 1 aliphatic rings. The molecule has 13 nitrogen and oxygen atoms in total. The first-order chi connectivity index (χ1) is 20.8. The van der Waals surface area contributed by atoms with Gasteiger partial charge in [-0.1, -0.05) is 0 Å². The standard InChI is InChI=1S/C31H37N9O4/c1-30(2,3)44-29(42)39-11-10-22(39)17-43-24-16-35-38(6)27(24)20-9-12-40-23(13-20)14-26(37-40)36-25-8-7-21(15-33-25)28(41)34-19-31(4,5)18-32/h7-9,12-16,22H,10-11,17,19H2,1-6H3,(H,34,41)(H,33,36,37)/t22-/m1/s1. The lowest BCUT2D eigenvalue weighted by Gasteiger charge is -2.40. The van der Waals surface area contributed by atoms with Crippen molar-refractivity contribution in [3.63, 3.8) is 0 Å². The molecular weight excluding hydrogens is 562 g/mol. The molecule has 4 aromatic heterocycles. The monoisotopic (exact) mass is 599 g/mol. The van der Waals surface area contributed by atoms with Crippen LogP contribution in [0.25, 0.3) is 16.8 Å². The second-order valence-corrected chi connectivity index (χ2v) is 12.5. The number of fused-ring (bicyclic) bond motifs is 1. The third kappa shape index (κ3) is 6.91. The Balaban J connectivity index is 1.24. The third-order valence-corrected chi connectivity index (χ3v) is 7.12. The molecule has 1 fully saturated rings. The summed E-state index contributed by atoms with van der Waals surface area (Å²) in [4.78, 5) is 31.0. The van der Waals surface area contributed by atoms with Crippen LogP contribution in [0.1, 0.15) is 51.4 Å². The topological polar surface area (TPSA) is 152 Å². The van der Waals surface area contributed by atoms with E-state index in [1.165, 1.54) is 6.20 Å². The fourth-order valence-electron chi connectivity index (χ4n) is 4.59. The number of carbonyl (C=O) groups excluding carboxylic acids is 2. The number of hydrogen-bond acceptors (Lipinski definition) is 9. The fraction of sp³-hybridized carbons (Fsp3) is 0.419. The molecule has 0 radical (unpaired) electrons. The van der Waals surface area contributed by atoms with Crippen molar-refractivity contribution in [1.82, 2.24) is 34.6 Å². The SMILES string of the molecule is Cn1ncc(OC[C@H]2CCN2C(=O)OC(C)(C)C)c1-c1ccn2nc(Nc3ccc(C(=O)NCC(C)(C)C#N)cn3)cc2c1. The number of nitrogens with one attached hydrogen (secondary N) is 2. The van der Waals surface area contributed by atoms with E-state index in [1.54, 1.807) is 46.3 Å². The van der Waals surface area contributed by atoms with E-state index in [1.807, 2.05) is 52.2 Å². The predicted molar refractivity (Wildman–Crippen MR) is 163 cm³/mol. The maximum Gasteiger partial charge on any atom is 0.410 e. The van der Waals surface area contributed by atoms with Crippen molar-refractivity contribution >= 4 is 29.2 Å². The first-order valence-electron chi connectivity index (χ1n) is 14.4. The molecule has 0 spiro atoms. The van der Waals surface area contributed by atoms with Crippen molar-refractivity contribution in [1.29, 1.82) is 5.26 Å². The largest absolute Gasteiger partial charge is 0.487 e. The molecule has 1 atom stereocenters. The fourth-order valence-corrected chi connectivity index (χ4v) is 4.59. The summed E-state index contributed by atoms with van der Waals surface area (Å²) in [6, 6.07) is 11.3. The molecule has 2 amide bonds. The van der Waals surface area contributed by atoms with Gasteiger partial charge in [-0.15, -0.1) is 0 Å². The van der Waals surface area contributed by atoms with E-state index in [2.05, 4.69) is 31.9 Å². The average molecular weight is 600 g/mol. The molecule has 0 aromatic carbocycles. The van der Waals surface area contributed by atoms with E-state index in [4.69, 9.17) is 14.7 Å². The van der Waals surface area contributed by atoms with Crippen LogP contribution in [-0.2, 0) is 11.8 Å². The summed E-state index contributed by atoms with van der Waals surface area (Å²) in [6.45, 7) is 10.3. The molecule has 0 bridgehead atoms. The molecule has 0 unspecified atom stereocenters. The highest BCUT2D eigenvalue weighted by Gasteiger charge is 2.36. The van der Waals surface area contributed by atoms with Crippen molar-refractivity contribution in [2.75, 3.05) is 25.0 Å². The van der Waals surface area contributed by atoms with Crippen LogP contribution in [0, 0.1) is 16.7 Å². The zero-order valence-electron chi connectivity index (χ0n) is 25.8. The van der Waals surface area contributed by atoms with Crippen LogP contribution >= 0.6 is 0 Å². The Morgan fingerprint density at radius 2 is 1.91 bits per heavy atom. The van der Waals surface area contributed by atoms with Crippen LogP contribution in [0.4, 0.5) is 16.4 Å². The minimum Gasteiger partial charge on any atom is -0.487 e. The van der Waals surface area contributed by atoms with Gasteiger partial charge in [-0.2, -0.15) is 15.5 Å². The summed E-state index contributed by atoms with van der Waals surface area (Å²) >= 11 is 0. The van der Waals surface area contributed by atoms with Crippen molar-refractivity contribution in [3.05, 3.63) is 54.5 Å². The highest BCUT2D eigenvalue weighted by Crippen LogP contribution is 2.32. The molecule has 4 aromatic rings. The van der Waals surface area contributed by atoms with Gasteiger partial charge in [0.1, 0.15) is 23.7 Å². The Morgan fingerprint density at radius 3 is 2.57 bits per heavy atom. The molecule has 5 heterocycles.